The number of hydrogen-bond donors (Lipinski definition) is 0. The minimum absolute atomic E-state index is 1.02. The standard InChI is InChI=1S/C13H20N/c1-4-12-7-9-13(10-8-12)11-14(5-2)6-3/h5,7-10H,4,6,11H2,1-3H3/q+1/b14-5+. The topological polar surface area (TPSA) is 3.01 Å². The van der Waals surface area contributed by atoms with Crippen LogP contribution in [0.4, 0.5) is 0 Å². The molecular weight excluding hydrogens is 170 g/mol. The summed E-state index contributed by atoms with van der Waals surface area (Å²) in [6.45, 7) is 8.56. The Hall–Kier alpha value is -1.11. The minimum atomic E-state index is 1.02. The lowest BCUT2D eigenvalue weighted by Gasteiger charge is -2.02. The predicted molar refractivity (Wildman–Crippen MR) is 62.1 cm³/mol. The second-order valence-corrected chi connectivity index (χ2v) is 3.49. The van der Waals surface area contributed by atoms with Crippen molar-refractivity contribution < 1.29 is 4.58 Å². The van der Waals surface area contributed by atoms with Crippen LogP contribution in [0.5, 0.6) is 0 Å². The van der Waals surface area contributed by atoms with Crippen LogP contribution in [0.15, 0.2) is 24.3 Å². The molecule has 14 heavy (non-hydrogen) atoms. The molecule has 76 valence electrons. The molecule has 1 aromatic carbocycles. The lowest BCUT2D eigenvalue weighted by atomic mass is 10.1. The van der Waals surface area contributed by atoms with Gasteiger partial charge < -0.3 is 0 Å². The summed E-state index contributed by atoms with van der Waals surface area (Å²) in [7, 11) is 0. The molecule has 0 N–H and O–H groups in total. The second kappa shape index (κ2) is 5.58. The largest absolute Gasteiger partial charge is 0.236 e. The molecule has 0 saturated carbocycles. The molecule has 1 heteroatoms. The van der Waals surface area contributed by atoms with Crippen LogP contribution in [0.2, 0.25) is 0 Å². The van der Waals surface area contributed by atoms with Gasteiger partial charge >= 0.3 is 0 Å². The van der Waals surface area contributed by atoms with Crippen LogP contribution in [0.25, 0.3) is 0 Å². The first-order valence-corrected chi connectivity index (χ1v) is 5.41. The molecule has 0 unspecified atom stereocenters. The molecule has 1 aromatic rings. The summed E-state index contributed by atoms with van der Waals surface area (Å²) in [6.07, 6.45) is 3.27. The van der Waals surface area contributed by atoms with Crippen molar-refractivity contribution in [3.63, 3.8) is 0 Å². The Balaban J connectivity index is 2.68. The molecular formula is C13H20N+. The molecule has 0 radical (unpaired) electrons. The summed E-state index contributed by atoms with van der Waals surface area (Å²) < 4.78 is 2.31. The van der Waals surface area contributed by atoms with E-state index in [1.165, 1.54) is 11.1 Å². The van der Waals surface area contributed by atoms with E-state index in [0.717, 1.165) is 19.5 Å². The Morgan fingerprint density at radius 1 is 1.07 bits per heavy atom. The van der Waals surface area contributed by atoms with Crippen LogP contribution < -0.4 is 0 Å². The fourth-order valence-electron chi connectivity index (χ4n) is 1.50. The average Bonchev–Trinajstić information content (AvgIpc) is 2.26. The maximum atomic E-state index is 2.31. The maximum Gasteiger partial charge on any atom is 0.167 e. The van der Waals surface area contributed by atoms with Gasteiger partial charge in [-0.05, 0) is 18.9 Å². The SMILES string of the molecule is C/C=[N+](\CC)Cc1ccc(CC)cc1. The Kier molecular flexibility index (Phi) is 4.37. The summed E-state index contributed by atoms with van der Waals surface area (Å²) in [5, 5.41) is 0. The van der Waals surface area contributed by atoms with Crippen molar-refractivity contribution in [3.8, 4) is 0 Å². The van der Waals surface area contributed by atoms with Gasteiger partial charge in [0.25, 0.3) is 0 Å². The smallest absolute Gasteiger partial charge is 0.167 e. The zero-order chi connectivity index (χ0) is 10.4. The highest BCUT2D eigenvalue weighted by molar-refractivity contribution is 5.46. The Bertz CT molecular complexity index is 296. The van der Waals surface area contributed by atoms with Crippen LogP contribution in [0.3, 0.4) is 0 Å². The molecule has 0 fully saturated rings. The summed E-state index contributed by atoms with van der Waals surface area (Å²) >= 11 is 0. The first kappa shape index (κ1) is 11.0. The van der Waals surface area contributed by atoms with Gasteiger partial charge in [0, 0.05) is 12.5 Å². The van der Waals surface area contributed by atoms with Crippen LogP contribution in [-0.2, 0) is 13.0 Å². The van der Waals surface area contributed by atoms with Crippen LogP contribution in [0, 0.1) is 0 Å². The van der Waals surface area contributed by atoms with E-state index in [2.05, 4.69) is 55.8 Å². The highest BCUT2D eigenvalue weighted by atomic mass is 15.0. The number of rotatable bonds is 4. The summed E-state index contributed by atoms with van der Waals surface area (Å²) in [4.78, 5) is 0. The first-order chi connectivity index (χ1) is 6.80. The van der Waals surface area contributed by atoms with Crippen molar-refractivity contribution >= 4 is 6.21 Å². The van der Waals surface area contributed by atoms with Gasteiger partial charge in [-0.3, -0.25) is 0 Å². The van der Waals surface area contributed by atoms with Crippen LogP contribution >= 0.6 is 0 Å². The average molecular weight is 190 g/mol. The van der Waals surface area contributed by atoms with E-state index in [9.17, 15) is 0 Å². The van der Waals surface area contributed by atoms with E-state index < -0.39 is 0 Å². The van der Waals surface area contributed by atoms with E-state index >= 15 is 0 Å². The molecule has 0 aliphatic rings. The van der Waals surface area contributed by atoms with Crippen molar-refractivity contribution in [3.05, 3.63) is 35.4 Å². The fourth-order valence-corrected chi connectivity index (χ4v) is 1.50. The third-order valence-electron chi connectivity index (χ3n) is 2.59. The van der Waals surface area contributed by atoms with Crippen LogP contribution in [0.1, 0.15) is 31.9 Å². The molecule has 0 aliphatic heterocycles. The second-order valence-electron chi connectivity index (χ2n) is 3.49. The van der Waals surface area contributed by atoms with Crippen molar-refractivity contribution in [2.45, 2.75) is 33.7 Å². The lowest BCUT2D eigenvalue weighted by molar-refractivity contribution is -0.536. The number of aryl methyl sites for hydroxylation is 1. The van der Waals surface area contributed by atoms with Crippen molar-refractivity contribution in [2.75, 3.05) is 6.54 Å². The third-order valence-corrected chi connectivity index (χ3v) is 2.59. The van der Waals surface area contributed by atoms with Gasteiger partial charge in [0.2, 0.25) is 0 Å². The van der Waals surface area contributed by atoms with Gasteiger partial charge in [0.15, 0.2) is 6.54 Å². The molecule has 1 rings (SSSR count). The normalized spacial score (nSPS) is 11.8. The number of hydrogen-bond acceptors (Lipinski definition) is 0. The highest BCUT2D eigenvalue weighted by Gasteiger charge is 2.01. The molecule has 0 saturated heterocycles. The van der Waals surface area contributed by atoms with Crippen molar-refractivity contribution in [1.82, 2.24) is 0 Å². The monoisotopic (exact) mass is 190 g/mol. The molecule has 0 aliphatic carbocycles. The first-order valence-electron chi connectivity index (χ1n) is 5.41. The van der Waals surface area contributed by atoms with Crippen molar-refractivity contribution in [1.29, 1.82) is 0 Å². The van der Waals surface area contributed by atoms with Crippen LogP contribution in [-0.4, -0.2) is 17.3 Å². The van der Waals surface area contributed by atoms with Gasteiger partial charge in [-0.25, -0.2) is 4.58 Å². The van der Waals surface area contributed by atoms with Gasteiger partial charge in [-0.2, -0.15) is 0 Å². The fraction of sp³-hybridized carbons (Fsp3) is 0.462. The van der Waals surface area contributed by atoms with Gasteiger partial charge in [0.05, 0.1) is 0 Å². The lowest BCUT2D eigenvalue weighted by Crippen LogP contribution is -2.11. The molecule has 0 aromatic heterocycles. The zero-order valence-corrected chi connectivity index (χ0v) is 9.46. The molecule has 1 nitrogen and oxygen atoms in total. The maximum absolute atomic E-state index is 2.31. The summed E-state index contributed by atoms with van der Waals surface area (Å²) in [6, 6.07) is 8.90. The Morgan fingerprint density at radius 2 is 1.64 bits per heavy atom. The molecule has 0 atom stereocenters. The van der Waals surface area contributed by atoms with E-state index in [1.54, 1.807) is 0 Å². The zero-order valence-electron chi connectivity index (χ0n) is 9.46. The number of nitrogens with zero attached hydrogens (tertiary/aromatic N) is 1. The molecule has 0 amide bonds. The quantitative estimate of drug-likeness (QED) is 0.507. The van der Waals surface area contributed by atoms with Gasteiger partial charge in [-0.15, -0.1) is 0 Å². The predicted octanol–water partition coefficient (Wildman–Crippen LogP) is 2.87. The highest BCUT2D eigenvalue weighted by Crippen LogP contribution is 2.05. The molecule has 0 bridgehead atoms. The van der Waals surface area contributed by atoms with Crippen molar-refractivity contribution in [2.24, 2.45) is 0 Å². The Morgan fingerprint density at radius 3 is 2.07 bits per heavy atom. The Labute approximate surface area is 87.1 Å². The van der Waals surface area contributed by atoms with Gasteiger partial charge in [-0.1, -0.05) is 31.2 Å². The van der Waals surface area contributed by atoms with E-state index in [0.29, 0.717) is 0 Å². The van der Waals surface area contributed by atoms with E-state index in [1.807, 2.05) is 0 Å². The summed E-state index contributed by atoms with van der Waals surface area (Å²) in [5.41, 5.74) is 2.81. The third kappa shape index (κ3) is 2.99. The summed E-state index contributed by atoms with van der Waals surface area (Å²) in [5.74, 6) is 0. The molecule has 0 heterocycles. The van der Waals surface area contributed by atoms with E-state index in [4.69, 9.17) is 0 Å². The van der Waals surface area contributed by atoms with Gasteiger partial charge in [0.1, 0.15) is 12.8 Å². The minimum Gasteiger partial charge on any atom is -0.236 e. The number of benzene rings is 1. The molecule has 0 spiro atoms. The van der Waals surface area contributed by atoms with E-state index in [-0.39, 0.29) is 0 Å².